The molecule has 26 heavy (non-hydrogen) atoms. The lowest BCUT2D eigenvalue weighted by Gasteiger charge is -2.25. The number of benzene rings is 2. The molecule has 1 saturated heterocycles. The van der Waals surface area contributed by atoms with Gasteiger partial charge in [-0.25, -0.2) is 0 Å². The number of aromatic nitrogens is 1. The van der Waals surface area contributed by atoms with E-state index in [1.54, 1.807) is 0 Å². The van der Waals surface area contributed by atoms with Crippen LogP contribution in [0.1, 0.15) is 35.7 Å². The smallest absolute Gasteiger partial charge is 0.259 e. The lowest BCUT2D eigenvalue weighted by Crippen LogP contribution is -2.30. The van der Waals surface area contributed by atoms with E-state index in [-0.39, 0.29) is 11.3 Å². The largest absolute Gasteiger partial charge is 0.363 e. The minimum Gasteiger partial charge on any atom is -0.363 e. The molecule has 1 aliphatic rings. The standard InChI is InChI=1S/C22H22N2O2/c1-22(2)15-24(13-19(22)16-9-5-3-6-10-16)21(25)18-14-26-23-20(18)17-11-7-4-8-12-17/h3-12,14,19H,13,15H2,1-2H3/t19-/m0/s1. The Balaban J connectivity index is 1.62. The van der Waals surface area contributed by atoms with Crippen molar-refractivity contribution in [3.8, 4) is 11.3 Å². The average molecular weight is 346 g/mol. The number of likely N-dealkylation sites (tertiary alicyclic amines) is 1. The van der Waals surface area contributed by atoms with Crippen molar-refractivity contribution in [3.05, 3.63) is 78.1 Å². The summed E-state index contributed by atoms with van der Waals surface area (Å²) in [6.07, 6.45) is 1.47. The minimum atomic E-state index is -0.0170. The van der Waals surface area contributed by atoms with Gasteiger partial charge < -0.3 is 9.42 Å². The van der Waals surface area contributed by atoms with Crippen LogP contribution in [0.25, 0.3) is 11.3 Å². The maximum absolute atomic E-state index is 13.2. The number of hydrogen-bond donors (Lipinski definition) is 0. The first-order valence-electron chi connectivity index (χ1n) is 8.90. The van der Waals surface area contributed by atoms with E-state index in [0.29, 0.717) is 30.3 Å². The van der Waals surface area contributed by atoms with Crippen LogP contribution in [0, 0.1) is 5.41 Å². The highest BCUT2D eigenvalue weighted by atomic mass is 16.5. The first-order chi connectivity index (χ1) is 12.6. The van der Waals surface area contributed by atoms with E-state index in [2.05, 4.69) is 43.3 Å². The van der Waals surface area contributed by atoms with Crippen molar-refractivity contribution < 1.29 is 9.32 Å². The van der Waals surface area contributed by atoms with Crippen LogP contribution < -0.4 is 0 Å². The van der Waals surface area contributed by atoms with Crippen molar-refractivity contribution in [1.29, 1.82) is 0 Å². The van der Waals surface area contributed by atoms with E-state index >= 15 is 0 Å². The minimum absolute atomic E-state index is 0.0150. The topological polar surface area (TPSA) is 46.3 Å². The van der Waals surface area contributed by atoms with Crippen LogP contribution in [0.15, 0.2) is 71.4 Å². The van der Waals surface area contributed by atoms with Crippen LogP contribution in [-0.2, 0) is 0 Å². The van der Waals surface area contributed by atoms with Gasteiger partial charge in [0.2, 0.25) is 0 Å². The molecular formula is C22H22N2O2. The molecule has 0 unspecified atom stereocenters. The molecule has 0 spiro atoms. The summed E-state index contributed by atoms with van der Waals surface area (Å²) in [5, 5.41) is 4.07. The van der Waals surface area contributed by atoms with Crippen molar-refractivity contribution in [2.24, 2.45) is 5.41 Å². The van der Waals surface area contributed by atoms with Crippen molar-refractivity contribution >= 4 is 5.91 Å². The summed E-state index contributed by atoms with van der Waals surface area (Å²) in [5.41, 5.74) is 3.32. The van der Waals surface area contributed by atoms with E-state index in [4.69, 9.17) is 4.52 Å². The molecule has 4 rings (SSSR count). The van der Waals surface area contributed by atoms with E-state index in [1.807, 2.05) is 41.3 Å². The highest BCUT2D eigenvalue weighted by molar-refractivity contribution is 5.99. The van der Waals surface area contributed by atoms with E-state index in [0.717, 1.165) is 5.56 Å². The van der Waals surface area contributed by atoms with Gasteiger partial charge in [0.05, 0.1) is 0 Å². The van der Waals surface area contributed by atoms with Gasteiger partial charge >= 0.3 is 0 Å². The molecule has 1 fully saturated rings. The molecule has 1 aromatic heterocycles. The summed E-state index contributed by atoms with van der Waals surface area (Å²) < 4.78 is 5.15. The zero-order valence-electron chi connectivity index (χ0n) is 15.1. The number of amides is 1. The molecule has 3 aromatic rings. The quantitative estimate of drug-likeness (QED) is 0.696. The monoisotopic (exact) mass is 346 g/mol. The highest BCUT2D eigenvalue weighted by Crippen LogP contribution is 2.43. The van der Waals surface area contributed by atoms with Gasteiger partial charge in [0.15, 0.2) is 0 Å². The van der Waals surface area contributed by atoms with Crippen LogP contribution in [0.2, 0.25) is 0 Å². The molecule has 0 aliphatic carbocycles. The molecule has 132 valence electrons. The lowest BCUT2D eigenvalue weighted by molar-refractivity contribution is 0.0778. The fourth-order valence-corrected chi connectivity index (χ4v) is 3.89. The average Bonchev–Trinajstić information content (AvgIpc) is 3.27. The van der Waals surface area contributed by atoms with Gasteiger partial charge in [-0.05, 0) is 11.0 Å². The zero-order chi connectivity index (χ0) is 18.1. The summed E-state index contributed by atoms with van der Waals surface area (Å²) in [6, 6.07) is 20.1. The number of nitrogens with zero attached hydrogens (tertiary/aromatic N) is 2. The van der Waals surface area contributed by atoms with Crippen molar-refractivity contribution in [1.82, 2.24) is 10.1 Å². The third kappa shape index (κ3) is 2.92. The number of carbonyl (C=O) groups is 1. The second-order valence-corrected chi connectivity index (χ2v) is 7.58. The molecule has 0 saturated carbocycles. The highest BCUT2D eigenvalue weighted by Gasteiger charge is 2.42. The third-order valence-corrected chi connectivity index (χ3v) is 5.28. The summed E-state index contributed by atoms with van der Waals surface area (Å²) >= 11 is 0. The molecular weight excluding hydrogens is 324 g/mol. The Labute approximate surface area is 153 Å². The Morgan fingerprint density at radius 3 is 2.42 bits per heavy atom. The Morgan fingerprint density at radius 1 is 1.08 bits per heavy atom. The van der Waals surface area contributed by atoms with Crippen LogP contribution >= 0.6 is 0 Å². The normalized spacial score (nSPS) is 18.8. The fraction of sp³-hybridized carbons (Fsp3) is 0.273. The molecule has 2 heterocycles. The Hall–Kier alpha value is -2.88. The van der Waals surface area contributed by atoms with Crippen molar-refractivity contribution in [3.63, 3.8) is 0 Å². The SMILES string of the molecule is CC1(C)CN(C(=O)c2conc2-c2ccccc2)C[C@H]1c1ccccc1. The first kappa shape index (κ1) is 16.6. The van der Waals surface area contributed by atoms with Gasteiger partial charge in [-0.15, -0.1) is 0 Å². The fourth-order valence-electron chi connectivity index (χ4n) is 3.89. The van der Waals surface area contributed by atoms with Gasteiger partial charge in [0.25, 0.3) is 5.91 Å². The number of hydrogen-bond acceptors (Lipinski definition) is 3. The molecule has 4 nitrogen and oxygen atoms in total. The lowest BCUT2D eigenvalue weighted by atomic mass is 9.78. The van der Waals surface area contributed by atoms with Gasteiger partial charge in [0, 0.05) is 24.6 Å². The zero-order valence-corrected chi connectivity index (χ0v) is 15.1. The summed E-state index contributed by atoms with van der Waals surface area (Å²) in [6.45, 7) is 5.87. The van der Waals surface area contributed by atoms with E-state index in [1.165, 1.54) is 11.8 Å². The predicted molar refractivity (Wildman–Crippen MR) is 101 cm³/mol. The van der Waals surface area contributed by atoms with E-state index in [9.17, 15) is 4.79 Å². The summed E-state index contributed by atoms with van der Waals surface area (Å²) in [7, 11) is 0. The Morgan fingerprint density at radius 2 is 1.73 bits per heavy atom. The van der Waals surface area contributed by atoms with Crippen LogP contribution in [0.3, 0.4) is 0 Å². The van der Waals surface area contributed by atoms with Gasteiger partial charge in [-0.3, -0.25) is 4.79 Å². The molecule has 2 aromatic carbocycles. The Kier molecular flexibility index (Phi) is 4.11. The number of carbonyl (C=O) groups excluding carboxylic acids is 1. The second-order valence-electron chi connectivity index (χ2n) is 7.58. The first-order valence-corrected chi connectivity index (χ1v) is 8.90. The molecule has 1 amide bonds. The second kappa shape index (κ2) is 6.45. The molecule has 1 atom stereocenters. The summed E-state index contributed by atoms with van der Waals surface area (Å²) in [5.74, 6) is 0.296. The van der Waals surface area contributed by atoms with Crippen molar-refractivity contribution in [2.75, 3.05) is 13.1 Å². The Bertz CT molecular complexity index is 900. The molecule has 0 bridgehead atoms. The van der Waals surface area contributed by atoms with Crippen LogP contribution in [0.5, 0.6) is 0 Å². The van der Waals surface area contributed by atoms with Crippen LogP contribution in [0.4, 0.5) is 0 Å². The maximum Gasteiger partial charge on any atom is 0.259 e. The predicted octanol–water partition coefficient (Wildman–Crippen LogP) is 4.61. The van der Waals surface area contributed by atoms with Crippen LogP contribution in [-0.4, -0.2) is 29.1 Å². The van der Waals surface area contributed by atoms with Gasteiger partial charge in [0.1, 0.15) is 17.5 Å². The maximum atomic E-state index is 13.2. The van der Waals surface area contributed by atoms with Gasteiger partial charge in [-0.1, -0.05) is 79.7 Å². The third-order valence-electron chi connectivity index (χ3n) is 5.28. The molecule has 1 aliphatic heterocycles. The van der Waals surface area contributed by atoms with Gasteiger partial charge in [-0.2, -0.15) is 0 Å². The molecule has 4 heteroatoms. The molecule has 0 radical (unpaired) electrons. The van der Waals surface area contributed by atoms with Crippen molar-refractivity contribution in [2.45, 2.75) is 19.8 Å². The molecule has 0 N–H and O–H groups in total. The summed E-state index contributed by atoms with van der Waals surface area (Å²) in [4.78, 5) is 15.1. The van der Waals surface area contributed by atoms with E-state index < -0.39 is 0 Å². The number of rotatable bonds is 3.